The number of hydrogen-bond acceptors (Lipinski definition) is 5. The summed E-state index contributed by atoms with van der Waals surface area (Å²) in [5, 5.41) is 14.2. The van der Waals surface area contributed by atoms with Gasteiger partial charge in [0, 0.05) is 17.1 Å². The van der Waals surface area contributed by atoms with E-state index in [2.05, 4.69) is 10.3 Å². The maximum atomic E-state index is 12.9. The lowest BCUT2D eigenvalue weighted by Gasteiger charge is -2.49. The van der Waals surface area contributed by atoms with Crippen LogP contribution in [0.4, 0.5) is 18.0 Å². The molecule has 1 fully saturated rings. The SMILES string of the molecule is CC(NC(=O)c1cnc2c(-c3ccc(C(F)(F)F)cc3)cccc2c1)C1(O)CN(C(=O)OC(C)(C)C)C1. The molecule has 2 aromatic carbocycles. The van der Waals surface area contributed by atoms with Gasteiger partial charge in [0.1, 0.15) is 11.2 Å². The lowest BCUT2D eigenvalue weighted by atomic mass is 9.87. The zero-order valence-corrected chi connectivity index (χ0v) is 20.9. The van der Waals surface area contributed by atoms with Gasteiger partial charge >= 0.3 is 12.3 Å². The standard InChI is InChI=1S/C27H28F3N3O4/c1-16(26(36)14-33(15-26)24(35)37-25(2,3)4)32-23(34)19-12-18-6-5-7-21(22(18)31-13-19)17-8-10-20(11-9-17)27(28,29)30/h5-13,16,36H,14-15H2,1-4H3,(H,32,34). The molecule has 37 heavy (non-hydrogen) atoms. The summed E-state index contributed by atoms with van der Waals surface area (Å²) in [4.78, 5) is 30.8. The fraction of sp³-hybridized carbons (Fsp3) is 0.370. The number of fused-ring (bicyclic) bond motifs is 1. The van der Waals surface area contributed by atoms with Crippen LogP contribution in [-0.4, -0.2) is 57.3 Å². The number of aromatic nitrogens is 1. The molecular weight excluding hydrogens is 487 g/mol. The van der Waals surface area contributed by atoms with E-state index in [0.717, 1.165) is 12.1 Å². The summed E-state index contributed by atoms with van der Waals surface area (Å²) in [7, 11) is 0. The first-order chi connectivity index (χ1) is 17.2. The highest BCUT2D eigenvalue weighted by Crippen LogP contribution is 2.33. The van der Waals surface area contributed by atoms with Gasteiger partial charge in [-0.3, -0.25) is 9.78 Å². The summed E-state index contributed by atoms with van der Waals surface area (Å²) in [6.45, 7) is 6.96. The molecule has 1 saturated heterocycles. The van der Waals surface area contributed by atoms with E-state index in [1.165, 1.54) is 23.2 Å². The molecule has 7 nitrogen and oxygen atoms in total. The number of nitrogens with one attached hydrogen (secondary N) is 1. The van der Waals surface area contributed by atoms with Crippen molar-refractivity contribution in [2.45, 2.75) is 51.1 Å². The minimum atomic E-state index is -4.42. The second kappa shape index (κ2) is 9.33. The number of pyridine rings is 1. The van der Waals surface area contributed by atoms with Gasteiger partial charge in [0.25, 0.3) is 5.91 Å². The number of amides is 2. The number of benzene rings is 2. The van der Waals surface area contributed by atoms with Gasteiger partial charge in [-0.25, -0.2) is 4.79 Å². The smallest absolute Gasteiger partial charge is 0.416 e. The molecule has 196 valence electrons. The maximum Gasteiger partial charge on any atom is 0.416 e. The van der Waals surface area contributed by atoms with Crippen LogP contribution in [0.25, 0.3) is 22.0 Å². The van der Waals surface area contributed by atoms with E-state index in [-0.39, 0.29) is 18.7 Å². The Balaban J connectivity index is 1.46. The van der Waals surface area contributed by atoms with Crippen LogP contribution in [0.1, 0.15) is 43.6 Å². The van der Waals surface area contributed by atoms with Crippen molar-refractivity contribution >= 4 is 22.9 Å². The number of hydrogen-bond donors (Lipinski definition) is 2. The molecule has 2 N–H and O–H groups in total. The first-order valence-corrected chi connectivity index (χ1v) is 11.7. The minimum absolute atomic E-state index is 0.0236. The van der Waals surface area contributed by atoms with Gasteiger partial charge in [-0.05, 0) is 51.5 Å². The van der Waals surface area contributed by atoms with Crippen LogP contribution in [0, 0.1) is 0 Å². The normalized spacial score (nSPS) is 16.2. The Labute approximate surface area is 212 Å². The highest BCUT2D eigenvalue weighted by atomic mass is 19.4. The van der Waals surface area contributed by atoms with Crippen LogP contribution in [0.5, 0.6) is 0 Å². The van der Waals surface area contributed by atoms with Gasteiger partial charge in [-0.2, -0.15) is 13.2 Å². The first kappa shape index (κ1) is 26.4. The van der Waals surface area contributed by atoms with E-state index < -0.39 is 41.0 Å². The zero-order chi connectivity index (χ0) is 27.2. The number of β-amino-alcohol motifs (C(OH)–C–C–N with tert-alkyl or cyclic N) is 1. The fourth-order valence-electron chi connectivity index (χ4n) is 4.12. The van der Waals surface area contributed by atoms with Crippen molar-refractivity contribution in [2.75, 3.05) is 13.1 Å². The second-order valence-corrected chi connectivity index (χ2v) is 10.3. The van der Waals surface area contributed by atoms with Crippen molar-refractivity contribution in [1.29, 1.82) is 0 Å². The van der Waals surface area contributed by atoms with Crippen LogP contribution in [-0.2, 0) is 10.9 Å². The van der Waals surface area contributed by atoms with Crippen LogP contribution in [0.2, 0.25) is 0 Å². The highest BCUT2D eigenvalue weighted by Gasteiger charge is 2.49. The van der Waals surface area contributed by atoms with Gasteiger partial charge in [0.2, 0.25) is 0 Å². The van der Waals surface area contributed by atoms with E-state index in [9.17, 15) is 27.9 Å². The summed E-state index contributed by atoms with van der Waals surface area (Å²) < 4.78 is 44.0. The highest BCUT2D eigenvalue weighted by molar-refractivity contribution is 6.00. The fourth-order valence-corrected chi connectivity index (χ4v) is 4.12. The monoisotopic (exact) mass is 515 g/mol. The largest absolute Gasteiger partial charge is 0.444 e. The molecule has 0 saturated carbocycles. The molecular formula is C27H28F3N3O4. The third-order valence-corrected chi connectivity index (χ3v) is 6.23. The summed E-state index contributed by atoms with van der Waals surface area (Å²) in [6.07, 6.45) is -3.57. The van der Waals surface area contributed by atoms with E-state index in [4.69, 9.17) is 4.74 Å². The number of rotatable bonds is 4. The Morgan fingerprint density at radius 2 is 1.76 bits per heavy atom. The molecule has 2 amide bonds. The average molecular weight is 516 g/mol. The number of halogens is 3. The molecule has 1 unspecified atom stereocenters. The van der Waals surface area contributed by atoms with E-state index in [1.54, 1.807) is 52.0 Å². The number of aliphatic hydroxyl groups is 1. The molecule has 4 rings (SSSR count). The van der Waals surface area contributed by atoms with E-state index in [0.29, 0.717) is 22.0 Å². The predicted molar refractivity (Wildman–Crippen MR) is 132 cm³/mol. The van der Waals surface area contributed by atoms with Crippen molar-refractivity contribution in [3.63, 3.8) is 0 Å². The molecule has 3 aromatic rings. The van der Waals surface area contributed by atoms with Crippen LogP contribution in [0.15, 0.2) is 54.7 Å². The summed E-state index contributed by atoms with van der Waals surface area (Å²) in [5.41, 5.74) is -0.684. The lowest BCUT2D eigenvalue weighted by molar-refractivity contribution is -0.137. The van der Waals surface area contributed by atoms with Crippen molar-refractivity contribution in [1.82, 2.24) is 15.2 Å². The number of likely N-dealkylation sites (tertiary alicyclic amines) is 1. The second-order valence-electron chi connectivity index (χ2n) is 10.3. The number of carbonyl (C=O) groups is 2. The quantitative estimate of drug-likeness (QED) is 0.509. The Morgan fingerprint density at radius 1 is 1.11 bits per heavy atom. The van der Waals surface area contributed by atoms with Gasteiger partial charge in [0.05, 0.1) is 35.8 Å². The average Bonchev–Trinajstić information content (AvgIpc) is 2.79. The molecule has 2 heterocycles. The zero-order valence-electron chi connectivity index (χ0n) is 20.9. The van der Waals surface area contributed by atoms with Crippen molar-refractivity contribution in [3.05, 3.63) is 65.9 Å². The number of alkyl halides is 3. The van der Waals surface area contributed by atoms with E-state index in [1.807, 2.05) is 0 Å². The molecule has 0 spiro atoms. The van der Waals surface area contributed by atoms with Crippen molar-refractivity contribution < 1.29 is 32.6 Å². The molecule has 0 bridgehead atoms. The Hall–Kier alpha value is -3.66. The van der Waals surface area contributed by atoms with Gasteiger partial charge in [0.15, 0.2) is 0 Å². The van der Waals surface area contributed by atoms with Crippen LogP contribution < -0.4 is 5.32 Å². The molecule has 1 aliphatic heterocycles. The third kappa shape index (κ3) is 5.69. The maximum absolute atomic E-state index is 12.9. The molecule has 0 aliphatic carbocycles. The topological polar surface area (TPSA) is 91.8 Å². The molecule has 1 aliphatic rings. The number of ether oxygens (including phenoxy) is 1. The molecule has 1 atom stereocenters. The first-order valence-electron chi connectivity index (χ1n) is 11.7. The summed E-state index contributed by atoms with van der Waals surface area (Å²) in [6, 6.07) is 11.0. The van der Waals surface area contributed by atoms with Crippen molar-refractivity contribution in [3.8, 4) is 11.1 Å². The molecule has 0 radical (unpaired) electrons. The molecule has 1 aromatic heterocycles. The number of nitrogens with zero attached hydrogens (tertiary/aromatic N) is 2. The molecule has 10 heteroatoms. The Bertz CT molecular complexity index is 1330. The Kier molecular flexibility index (Phi) is 6.66. The van der Waals surface area contributed by atoms with Gasteiger partial charge in [-0.15, -0.1) is 0 Å². The van der Waals surface area contributed by atoms with E-state index >= 15 is 0 Å². The number of carbonyl (C=O) groups excluding carboxylic acids is 2. The van der Waals surface area contributed by atoms with Crippen LogP contribution in [0.3, 0.4) is 0 Å². The van der Waals surface area contributed by atoms with Crippen molar-refractivity contribution in [2.24, 2.45) is 0 Å². The minimum Gasteiger partial charge on any atom is -0.444 e. The Morgan fingerprint density at radius 3 is 2.35 bits per heavy atom. The summed E-state index contributed by atoms with van der Waals surface area (Å²) >= 11 is 0. The lowest BCUT2D eigenvalue weighted by Crippen LogP contribution is -2.71. The third-order valence-electron chi connectivity index (χ3n) is 6.23. The predicted octanol–water partition coefficient (Wildman–Crippen LogP) is 5.02. The number of para-hydroxylation sites is 1. The summed E-state index contributed by atoms with van der Waals surface area (Å²) in [5.74, 6) is -0.453. The van der Waals surface area contributed by atoms with Gasteiger partial charge in [-0.1, -0.05) is 30.3 Å². The van der Waals surface area contributed by atoms with Crippen LogP contribution >= 0.6 is 0 Å². The van der Waals surface area contributed by atoms with Gasteiger partial charge < -0.3 is 20.1 Å².